The zero-order valence-corrected chi connectivity index (χ0v) is 34.6. The third kappa shape index (κ3) is 40.7. The molecule has 282 valence electrons. The Bertz CT molecular complexity index is 504. The number of unbranched alkanes of at least 4 members (excludes halogenated alkanes) is 29. The van der Waals surface area contributed by atoms with Crippen molar-refractivity contribution in [2.45, 2.75) is 219 Å². The van der Waals surface area contributed by atoms with Crippen molar-refractivity contribution < 1.29 is 33.8 Å². The molecular weight excluding hydrogens is 603 g/mol. The van der Waals surface area contributed by atoms with Gasteiger partial charge < -0.3 is 33.8 Å². The maximum absolute atomic E-state index is 2.47. The minimum Gasteiger partial charge on any atom is -1.00 e. The first-order valence-electron chi connectivity index (χ1n) is 21.0. The minimum atomic E-state index is 0. The summed E-state index contributed by atoms with van der Waals surface area (Å²) in [5.74, 6) is 0. The number of quaternary nitrogens is 2. The number of hydrogen-bond donors (Lipinski definition) is 0. The number of halogens is 2. The van der Waals surface area contributed by atoms with Gasteiger partial charge in [-0.2, -0.15) is 0 Å². The highest BCUT2D eigenvalue weighted by Crippen LogP contribution is 2.16. The summed E-state index contributed by atoms with van der Waals surface area (Å²) < 4.78 is 2.47. The molecule has 2 nitrogen and oxygen atoms in total. The highest BCUT2D eigenvalue weighted by atomic mass is 35.5. The summed E-state index contributed by atoms with van der Waals surface area (Å²) in [6.45, 7) is 10.1. The zero-order valence-electron chi connectivity index (χ0n) is 33.1. The van der Waals surface area contributed by atoms with Crippen LogP contribution in [0.2, 0.25) is 0 Å². The van der Waals surface area contributed by atoms with Crippen LogP contribution in [-0.4, -0.2) is 63.3 Å². The standard InChI is InChI=1S/C42H90N2.2ClH/c1-7-9-11-13-15-17-19-21-23-25-27-29-31-35-39-43(3,4)41-37-33-34-38-42-44(5,6)40-36-32-30-28-26-24-22-20-18-16-14-12-10-8-2;;/h7-42H2,1-6H3;2*1H/q+2;;/p-2. The molecule has 46 heavy (non-hydrogen) atoms. The van der Waals surface area contributed by atoms with E-state index in [4.69, 9.17) is 0 Å². The van der Waals surface area contributed by atoms with Gasteiger partial charge in [0.15, 0.2) is 0 Å². The van der Waals surface area contributed by atoms with Gasteiger partial charge in [0.2, 0.25) is 0 Å². The molecule has 4 heteroatoms. The average molecular weight is 694 g/mol. The molecule has 0 saturated carbocycles. The van der Waals surface area contributed by atoms with Crippen LogP contribution in [0.4, 0.5) is 0 Å². The van der Waals surface area contributed by atoms with Gasteiger partial charge in [0.05, 0.1) is 54.4 Å². The van der Waals surface area contributed by atoms with E-state index in [1.165, 1.54) is 241 Å². The largest absolute Gasteiger partial charge is 1.00 e. The van der Waals surface area contributed by atoms with E-state index in [0.717, 1.165) is 0 Å². The summed E-state index contributed by atoms with van der Waals surface area (Å²) in [5, 5.41) is 0. The lowest BCUT2D eigenvalue weighted by Gasteiger charge is -2.31. The number of rotatable bonds is 37. The highest BCUT2D eigenvalue weighted by molar-refractivity contribution is 4.52. The first kappa shape index (κ1) is 50.9. The van der Waals surface area contributed by atoms with Crippen molar-refractivity contribution in [1.82, 2.24) is 0 Å². The van der Waals surface area contributed by atoms with Gasteiger partial charge in [-0.1, -0.05) is 168 Å². The number of hydrogen-bond acceptors (Lipinski definition) is 0. The second kappa shape index (κ2) is 38.3. The molecule has 0 radical (unpaired) electrons. The molecule has 0 aromatic carbocycles. The van der Waals surface area contributed by atoms with Gasteiger partial charge in [-0.25, -0.2) is 0 Å². The minimum absolute atomic E-state index is 0. The van der Waals surface area contributed by atoms with Gasteiger partial charge in [-0.3, -0.25) is 0 Å². The molecular formula is C42H90Cl2N2. The van der Waals surface area contributed by atoms with Gasteiger partial charge in [-0.15, -0.1) is 0 Å². The Hall–Kier alpha value is 0.500. The van der Waals surface area contributed by atoms with Gasteiger partial charge in [0.1, 0.15) is 0 Å². The smallest absolute Gasteiger partial charge is 0.0782 e. The van der Waals surface area contributed by atoms with E-state index in [0.29, 0.717) is 0 Å². The third-order valence-electron chi connectivity index (χ3n) is 10.5. The Morgan fingerprint density at radius 3 is 0.500 bits per heavy atom. The monoisotopic (exact) mass is 693 g/mol. The first-order valence-corrected chi connectivity index (χ1v) is 21.0. The normalized spacial score (nSPS) is 11.9. The first-order chi connectivity index (χ1) is 21.3. The zero-order chi connectivity index (χ0) is 32.5. The fraction of sp³-hybridized carbons (Fsp3) is 1.00. The van der Waals surface area contributed by atoms with Crippen LogP contribution < -0.4 is 24.8 Å². The van der Waals surface area contributed by atoms with E-state index >= 15 is 0 Å². The molecule has 0 aromatic heterocycles. The fourth-order valence-corrected chi connectivity index (χ4v) is 7.13. The van der Waals surface area contributed by atoms with Crippen LogP contribution in [0.15, 0.2) is 0 Å². The molecule has 0 fully saturated rings. The quantitative estimate of drug-likeness (QED) is 0.0463. The SMILES string of the molecule is CCCCCCCCCCCCCCCC[N+](C)(C)CCCCCC[N+](C)(C)CCCCCCCCCCCCCCCC.[Cl-].[Cl-]. The molecule has 0 N–H and O–H groups in total. The van der Waals surface area contributed by atoms with Crippen LogP contribution in [0.5, 0.6) is 0 Å². The summed E-state index contributed by atoms with van der Waals surface area (Å²) >= 11 is 0. The van der Waals surface area contributed by atoms with E-state index < -0.39 is 0 Å². The number of nitrogens with zero attached hydrogens (tertiary/aromatic N) is 2. The Morgan fingerprint density at radius 2 is 0.348 bits per heavy atom. The molecule has 0 atom stereocenters. The van der Waals surface area contributed by atoms with Gasteiger partial charge in [0.25, 0.3) is 0 Å². The van der Waals surface area contributed by atoms with E-state index in [1.54, 1.807) is 0 Å². The van der Waals surface area contributed by atoms with Crippen molar-refractivity contribution in [1.29, 1.82) is 0 Å². The topological polar surface area (TPSA) is 0 Å². The lowest BCUT2D eigenvalue weighted by Crippen LogP contribution is -3.00. The molecule has 0 bridgehead atoms. The summed E-state index contributed by atoms with van der Waals surface area (Å²) in [6.07, 6.45) is 46.5. The van der Waals surface area contributed by atoms with Crippen molar-refractivity contribution in [3.05, 3.63) is 0 Å². The lowest BCUT2D eigenvalue weighted by atomic mass is 10.0. The van der Waals surface area contributed by atoms with Gasteiger partial charge in [0, 0.05) is 0 Å². The Kier molecular flexibility index (Phi) is 42.4. The van der Waals surface area contributed by atoms with Crippen LogP contribution >= 0.6 is 0 Å². The Labute approximate surface area is 306 Å². The van der Waals surface area contributed by atoms with E-state index in [2.05, 4.69) is 42.0 Å². The predicted molar refractivity (Wildman–Crippen MR) is 203 cm³/mol. The highest BCUT2D eigenvalue weighted by Gasteiger charge is 2.15. The average Bonchev–Trinajstić information content (AvgIpc) is 2.99. The van der Waals surface area contributed by atoms with Crippen molar-refractivity contribution in [2.24, 2.45) is 0 Å². The maximum Gasteiger partial charge on any atom is 0.0782 e. The van der Waals surface area contributed by atoms with Gasteiger partial charge in [-0.05, 0) is 51.4 Å². The summed E-state index contributed by atoms with van der Waals surface area (Å²) in [5.41, 5.74) is 0. The van der Waals surface area contributed by atoms with Crippen LogP contribution in [0.3, 0.4) is 0 Å². The summed E-state index contributed by atoms with van der Waals surface area (Å²) in [6, 6.07) is 0. The summed E-state index contributed by atoms with van der Waals surface area (Å²) in [7, 11) is 9.88. The van der Waals surface area contributed by atoms with Crippen molar-refractivity contribution in [3.63, 3.8) is 0 Å². The fourth-order valence-electron chi connectivity index (χ4n) is 7.13. The molecule has 0 heterocycles. The molecule has 0 aromatic rings. The second-order valence-electron chi connectivity index (χ2n) is 16.4. The molecule has 0 spiro atoms. The molecule has 0 aliphatic carbocycles. The van der Waals surface area contributed by atoms with E-state index in [-0.39, 0.29) is 24.8 Å². The predicted octanol–water partition coefficient (Wildman–Crippen LogP) is 7.67. The van der Waals surface area contributed by atoms with E-state index in [9.17, 15) is 0 Å². The van der Waals surface area contributed by atoms with Gasteiger partial charge >= 0.3 is 0 Å². The van der Waals surface area contributed by atoms with Crippen LogP contribution in [0.1, 0.15) is 219 Å². The van der Waals surface area contributed by atoms with Crippen molar-refractivity contribution in [3.8, 4) is 0 Å². The molecule has 0 rings (SSSR count). The third-order valence-corrected chi connectivity index (χ3v) is 10.5. The Balaban J connectivity index is -0.00000924. The molecule has 0 unspecified atom stereocenters. The van der Waals surface area contributed by atoms with Crippen LogP contribution in [-0.2, 0) is 0 Å². The molecule has 0 aliphatic heterocycles. The molecule has 0 aliphatic rings. The summed E-state index contributed by atoms with van der Waals surface area (Å²) in [4.78, 5) is 0. The molecule has 0 amide bonds. The van der Waals surface area contributed by atoms with Crippen LogP contribution in [0.25, 0.3) is 0 Å². The van der Waals surface area contributed by atoms with Crippen molar-refractivity contribution >= 4 is 0 Å². The molecule has 0 saturated heterocycles. The van der Waals surface area contributed by atoms with Crippen LogP contribution in [0, 0.1) is 0 Å². The van der Waals surface area contributed by atoms with E-state index in [1.807, 2.05) is 0 Å². The van der Waals surface area contributed by atoms with Crippen molar-refractivity contribution in [2.75, 3.05) is 54.4 Å². The maximum atomic E-state index is 2.47. The Morgan fingerprint density at radius 1 is 0.217 bits per heavy atom. The lowest BCUT2D eigenvalue weighted by molar-refractivity contribution is -0.891. The second-order valence-corrected chi connectivity index (χ2v) is 16.4.